The molecule has 0 amide bonds. The smallest absolute Gasteiger partial charge is 0.0542 e. The number of rotatable bonds is 5. The van der Waals surface area contributed by atoms with E-state index in [0.717, 1.165) is 5.69 Å². The van der Waals surface area contributed by atoms with Gasteiger partial charge in [-0.15, -0.1) is 0 Å². The summed E-state index contributed by atoms with van der Waals surface area (Å²) in [4.78, 5) is 0. The summed E-state index contributed by atoms with van der Waals surface area (Å²) in [7, 11) is 0. The second kappa shape index (κ2) is 12.4. The molecule has 7 aromatic carbocycles. The summed E-state index contributed by atoms with van der Waals surface area (Å²) in [6.45, 7) is 6.72. The molecule has 0 fully saturated rings. The average Bonchev–Trinajstić information content (AvgIpc) is 3.68. The lowest BCUT2D eigenvalue weighted by Gasteiger charge is -2.14. The van der Waals surface area contributed by atoms with Crippen LogP contribution >= 0.6 is 0 Å². The minimum atomic E-state index is 1.15. The van der Waals surface area contributed by atoms with E-state index < -0.39 is 0 Å². The lowest BCUT2D eigenvalue weighted by Crippen LogP contribution is -1.97. The van der Waals surface area contributed by atoms with Crippen LogP contribution in [0.1, 0.15) is 0 Å². The standard InChI is InChI=1S/C42H28N2.C4H6/c1-3-13-29(14-4-1)31-25-32(30-15-5-2-6-16-30)27-34(26-31)44-41-22-12-9-19-37(41)38-28-33(23-24-42(38)44)43-39-20-10-7-17-35(39)36-18-8-11-21-40(36)43;1-3-4-2/h1-28H;3-4H,1-2H2. The fourth-order valence-corrected chi connectivity index (χ4v) is 6.91. The van der Waals surface area contributed by atoms with Crippen molar-refractivity contribution < 1.29 is 0 Å². The molecule has 0 atom stereocenters. The maximum absolute atomic E-state index is 3.36. The van der Waals surface area contributed by atoms with E-state index in [2.05, 4.69) is 192 Å². The molecule has 2 heteroatoms. The van der Waals surface area contributed by atoms with Gasteiger partial charge in [-0.3, -0.25) is 0 Å². The van der Waals surface area contributed by atoms with Gasteiger partial charge in [-0.1, -0.05) is 141 Å². The summed E-state index contributed by atoms with van der Waals surface area (Å²) in [5.74, 6) is 0. The number of hydrogen-bond acceptors (Lipinski definition) is 0. The van der Waals surface area contributed by atoms with Crippen LogP contribution in [-0.2, 0) is 0 Å². The Hall–Kier alpha value is -6.38. The van der Waals surface area contributed by atoms with Gasteiger partial charge in [0.05, 0.1) is 22.1 Å². The maximum Gasteiger partial charge on any atom is 0.0542 e. The van der Waals surface area contributed by atoms with E-state index in [0.29, 0.717) is 0 Å². The highest BCUT2D eigenvalue weighted by Gasteiger charge is 2.17. The van der Waals surface area contributed by atoms with Crippen molar-refractivity contribution in [3.05, 3.63) is 195 Å². The van der Waals surface area contributed by atoms with Crippen LogP contribution in [0.3, 0.4) is 0 Å². The van der Waals surface area contributed by atoms with Crippen molar-refractivity contribution in [1.29, 1.82) is 0 Å². The van der Waals surface area contributed by atoms with Crippen LogP contribution < -0.4 is 0 Å². The van der Waals surface area contributed by atoms with Crippen molar-refractivity contribution >= 4 is 43.6 Å². The Morgan fingerprint density at radius 2 is 0.708 bits per heavy atom. The van der Waals surface area contributed by atoms with E-state index in [9.17, 15) is 0 Å². The summed E-state index contributed by atoms with van der Waals surface area (Å²) < 4.78 is 4.83. The number of aromatic nitrogens is 2. The third-order valence-corrected chi connectivity index (χ3v) is 9.05. The van der Waals surface area contributed by atoms with E-state index in [1.807, 2.05) is 0 Å². The number of nitrogens with zero attached hydrogens (tertiary/aromatic N) is 2. The first-order valence-corrected chi connectivity index (χ1v) is 16.3. The fourth-order valence-electron chi connectivity index (χ4n) is 6.91. The van der Waals surface area contributed by atoms with Gasteiger partial charge in [0.1, 0.15) is 0 Å². The second-order valence-corrected chi connectivity index (χ2v) is 11.9. The van der Waals surface area contributed by atoms with E-state index in [1.165, 1.54) is 71.6 Å². The van der Waals surface area contributed by atoms with Gasteiger partial charge in [-0.2, -0.15) is 0 Å². The molecule has 2 nitrogen and oxygen atoms in total. The summed E-state index contributed by atoms with van der Waals surface area (Å²) in [5, 5.41) is 5.04. The Morgan fingerprint density at radius 3 is 1.19 bits per heavy atom. The highest BCUT2D eigenvalue weighted by Crippen LogP contribution is 2.38. The Labute approximate surface area is 280 Å². The van der Waals surface area contributed by atoms with E-state index in [1.54, 1.807) is 12.2 Å². The molecular formula is C46H34N2. The van der Waals surface area contributed by atoms with E-state index >= 15 is 0 Å². The topological polar surface area (TPSA) is 9.86 Å². The predicted molar refractivity (Wildman–Crippen MR) is 206 cm³/mol. The van der Waals surface area contributed by atoms with Crippen LogP contribution in [0, 0.1) is 0 Å². The van der Waals surface area contributed by atoms with Crippen molar-refractivity contribution in [2.75, 3.05) is 0 Å². The van der Waals surface area contributed by atoms with Gasteiger partial charge in [0, 0.05) is 32.9 Å². The molecule has 228 valence electrons. The van der Waals surface area contributed by atoms with Gasteiger partial charge >= 0.3 is 0 Å². The lowest BCUT2D eigenvalue weighted by atomic mass is 9.98. The average molecular weight is 615 g/mol. The van der Waals surface area contributed by atoms with E-state index in [-0.39, 0.29) is 0 Å². The SMILES string of the molecule is C=CC=C.c1ccc(-c2cc(-c3ccccc3)cc(-n3c4ccccc4c4cc(-n5c6ccccc6c6ccccc65)ccc43)c2)cc1. The molecule has 0 spiro atoms. The van der Waals surface area contributed by atoms with Gasteiger partial charge in [0.15, 0.2) is 0 Å². The van der Waals surface area contributed by atoms with Crippen molar-refractivity contribution in [1.82, 2.24) is 9.13 Å². The molecule has 0 aliphatic carbocycles. The van der Waals surface area contributed by atoms with Gasteiger partial charge in [0.25, 0.3) is 0 Å². The summed E-state index contributed by atoms with van der Waals surface area (Å²) in [6.07, 6.45) is 3.28. The largest absolute Gasteiger partial charge is 0.309 e. The molecule has 0 aliphatic rings. The Bertz CT molecular complexity index is 2470. The Morgan fingerprint density at radius 1 is 0.312 bits per heavy atom. The Balaban J connectivity index is 0.000000799. The minimum Gasteiger partial charge on any atom is -0.309 e. The predicted octanol–water partition coefficient (Wildman–Crippen LogP) is 12.6. The van der Waals surface area contributed by atoms with E-state index in [4.69, 9.17) is 0 Å². The van der Waals surface area contributed by atoms with Gasteiger partial charge in [-0.25, -0.2) is 0 Å². The number of benzene rings is 7. The molecule has 2 heterocycles. The highest BCUT2D eigenvalue weighted by atomic mass is 15.0. The molecule has 9 rings (SSSR count). The molecule has 48 heavy (non-hydrogen) atoms. The summed E-state index contributed by atoms with van der Waals surface area (Å²) in [5.41, 5.74) is 12.0. The monoisotopic (exact) mass is 614 g/mol. The molecule has 2 aromatic heterocycles. The van der Waals surface area contributed by atoms with Crippen LogP contribution in [0.2, 0.25) is 0 Å². The Kier molecular flexibility index (Phi) is 7.52. The molecule has 0 saturated carbocycles. The molecule has 0 aliphatic heterocycles. The molecular weight excluding hydrogens is 581 g/mol. The molecule has 0 bridgehead atoms. The highest BCUT2D eigenvalue weighted by molar-refractivity contribution is 6.12. The van der Waals surface area contributed by atoms with Crippen LogP contribution in [0.4, 0.5) is 0 Å². The molecule has 0 N–H and O–H groups in total. The first-order chi connectivity index (χ1) is 23.7. The zero-order chi connectivity index (χ0) is 32.5. The van der Waals surface area contributed by atoms with Crippen LogP contribution in [0.15, 0.2) is 195 Å². The van der Waals surface area contributed by atoms with Gasteiger partial charge in [0.2, 0.25) is 0 Å². The van der Waals surface area contributed by atoms with Crippen LogP contribution in [-0.4, -0.2) is 9.13 Å². The third-order valence-electron chi connectivity index (χ3n) is 9.05. The molecule has 9 aromatic rings. The lowest BCUT2D eigenvalue weighted by molar-refractivity contribution is 1.17. The van der Waals surface area contributed by atoms with Crippen molar-refractivity contribution in [2.45, 2.75) is 0 Å². The maximum atomic E-state index is 3.36. The second-order valence-electron chi connectivity index (χ2n) is 11.9. The van der Waals surface area contributed by atoms with Crippen LogP contribution in [0.25, 0.3) is 77.2 Å². The normalized spacial score (nSPS) is 11.1. The van der Waals surface area contributed by atoms with Crippen molar-refractivity contribution in [2.24, 2.45) is 0 Å². The molecule has 0 saturated heterocycles. The third kappa shape index (κ3) is 5.01. The van der Waals surface area contributed by atoms with Crippen LogP contribution in [0.5, 0.6) is 0 Å². The van der Waals surface area contributed by atoms with Crippen molar-refractivity contribution in [3.8, 4) is 33.6 Å². The van der Waals surface area contributed by atoms with Gasteiger partial charge in [-0.05, 0) is 76.9 Å². The summed E-state index contributed by atoms with van der Waals surface area (Å²) in [6, 6.07) is 61.5. The number of para-hydroxylation sites is 3. The summed E-state index contributed by atoms with van der Waals surface area (Å²) >= 11 is 0. The zero-order valence-corrected chi connectivity index (χ0v) is 26.6. The van der Waals surface area contributed by atoms with Crippen molar-refractivity contribution in [3.63, 3.8) is 0 Å². The number of allylic oxidation sites excluding steroid dienone is 2. The molecule has 0 radical (unpaired) electrons. The number of hydrogen-bond donors (Lipinski definition) is 0. The fraction of sp³-hybridized carbons (Fsp3) is 0. The quantitative estimate of drug-likeness (QED) is 0.171. The first-order valence-electron chi connectivity index (χ1n) is 16.3. The zero-order valence-electron chi connectivity index (χ0n) is 26.6. The minimum absolute atomic E-state index is 1.15. The number of fused-ring (bicyclic) bond motifs is 6. The first kappa shape index (κ1) is 29.1. The van der Waals surface area contributed by atoms with Gasteiger partial charge < -0.3 is 9.13 Å². The molecule has 0 unspecified atom stereocenters.